The number of para-hydroxylation sites is 2. The number of H-pyrrole nitrogens is 1. The van der Waals surface area contributed by atoms with Crippen LogP contribution in [0.3, 0.4) is 0 Å². The first kappa shape index (κ1) is 15.0. The fraction of sp³-hybridized carbons (Fsp3) is 0.158. The van der Waals surface area contributed by atoms with Crippen molar-refractivity contribution in [2.45, 2.75) is 19.9 Å². The number of carbonyl (C=O) groups is 1. The molecule has 3 aromatic rings. The first-order valence-corrected chi connectivity index (χ1v) is 7.62. The highest BCUT2D eigenvalue weighted by atomic mass is 16.1. The smallest absolute Gasteiger partial charge is 0.244 e. The van der Waals surface area contributed by atoms with E-state index in [1.807, 2.05) is 68.5 Å². The highest BCUT2D eigenvalue weighted by Crippen LogP contribution is 2.15. The number of fused-ring (bicyclic) bond motifs is 1. The van der Waals surface area contributed by atoms with Gasteiger partial charge in [0.15, 0.2) is 0 Å². The first-order valence-electron chi connectivity index (χ1n) is 7.62. The summed E-state index contributed by atoms with van der Waals surface area (Å²) in [4.78, 5) is 19.8. The third-order valence-corrected chi connectivity index (χ3v) is 3.78. The van der Waals surface area contributed by atoms with Crippen LogP contribution in [0.5, 0.6) is 0 Å². The van der Waals surface area contributed by atoms with Gasteiger partial charge >= 0.3 is 0 Å². The molecule has 0 aliphatic heterocycles. The lowest BCUT2D eigenvalue weighted by Gasteiger charge is -2.09. The molecule has 23 heavy (non-hydrogen) atoms. The molecular weight excluding hydrogens is 286 g/mol. The summed E-state index contributed by atoms with van der Waals surface area (Å²) in [5.41, 5.74) is 4.05. The fourth-order valence-corrected chi connectivity index (χ4v) is 2.45. The maximum Gasteiger partial charge on any atom is 0.244 e. The summed E-state index contributed by atoms with van der Waals surface area (Å²) in [6.45, 7) is 3.94. The maximum absolute atomic E-state index is 12.1. The lowest BCUT2D eigenvalue weighted by molar-refractivity contribution is -0.117. The molecule has 2 aromatic carbocycles. The molecule has 1 atom stereocenters. The van der Waals surface area contributed by atoms with Crippen molar-refractivity contribution in [3.8, 4) is 0 Å². The predicted molar refractivity (Wildman–Crippen MR) is 92.9 cm³/mol. The number of aromatic amines is 1. The number of carbonyl (C=O) groups excluding carboxylic acids is 1. The van der Waals surface area contributed by atoms with Crippen molar-refractivity contribution in [3.05, 3.63) is 71.6 Å². The van der Waals surface area contributed by atoms with Gasteiger partial charge in [-0.05, 0) is 43.2 Å². The van der Waals surface area contributed by atoms with E-state index in [1.165, 1.54) is 0 Å². The van der Waals surface area contributed by atoms with Gasteiger partial charge in [0.2, 0.25) is 5.91 Å². The molecule has 4 nitrogen and oxygen atoms in total. The van der Waals surface area contributed by atoms with E-state index in [0.717, 1.165) is 28.0 Å². The van der Waals surface area contributed by atoms with E-state index < -0.39 is 0 Å². The van der Waals surface area contributed by atoms with Crippen LogP contribution < -0.4 is 5.32 Å². The molecule has 1 amide bonds. The van der Waals surface area contributed by atoms with Crippen molar-refractivity contribution < 1.29 is 4.79 Å². The Hall–Kier alpha value is -2.88. The molecule has 116 valence electrons. The van der Waals surface area contributed by atoms with Gasteiger partial charge < -0.3 is 10.3 Å². The van der Waals surface area contributed by atoms with Gasteiger partial charge in [-0.3, -0.25) is 4.79 Å². The van der Waals surface area contributed by atoms with E-state index in [-0.39, 0.29) is 11.9 Å². The minimum absolute atomic E-state index is 0.138. The number of nitrogens with one attached hydrogen (secondary N) is 2. The van der Waals surface area contributed by atoms with E-state index in [0.29, 0.717) is 0 Å². The number of hydrogen-bond donors (Lipinski definition) is 2. The highest BCUT2D eigenvalue weighted by Gasteiger charge is 2.12. The number of rotatable bonds is 4. The third kappa shape index (κ3) is 3.48. The van der Waals surface area contributed by atoms with Crippen LogP contribution >= 0.6 is 0 Å². The summed E-state index contributed by atoms with van der Waals surface area (Å²) in [5, 5.41) is 2.93. The highest BCUT2D eigenvalue weighted by molar-refractivity contribution is 5.92. The summed E-state index contributed by atoms with van der Waals surface area (Å²) in [6.07, 6.45) is 3.39. The summed E-state index contributed by atoms with van der Waals surface area (Å²) in [6, 6.07) is 15.6. The molecule has 3 rings (SSSR count). The van der Waals surface area contributed by atoms with Gasteiger partial charge in [0.25, 0.3) is 0 Å². The monoisotopic (exact) mass is 305 g/mol. The summed E-state index contributed by atoms with van der Waals surface area (Å²) in [5.74, 6) is 0.616. The van der Waals surface area contributed by atoms with E-state index in [1.54, 1.807) is 6.08 Å². The van der Waals surface area contributed by atoms with Gasteiger partial charge in [0.1, 0.15) is 5.82 Å². The summed E-state index contributed by atoms with van der Waals surface area (Å²) >= 11 is 0. The van der Waals surface area contributed by atoms with E-state index >= 15 is 0 Å². The van der Waals surface area contributed by atoms with Crippen LogP contribution in [0.15, 0.2) is 54.6 Å². The third-order valence-electron chi connectivity index (χ3n) is 3.78. The van der Waals surface area contributed by atoms with Crippen LogP contribution in [0, 0.1) is 6.92 Å². The van der Waals surface area contributed by atoms with E-state index in [9.17, 15) is 4.79 Å². The van der Waals surface area contributed by atoms with Crippen LogP contribution in [-0.4, -0.2) is 15.9 Å². The van der Waals surface area contributed by atoms with Crippen molar-refractivity contribution in [2.75, 3.05) is 0 Å². The fourth-order valence-electron chi connectivity index (χ4n) is 2.45. The van der Waals surface area contributed by atoms with Gasteiger partial charge in [-0.1, -0.05) is 36.4 Å². The minimum atomic E-state index is -0.184. The molecule has 1 unspecified atom stereocenters. The van der Waals surface area contributed by atoms with Gasteiger partial charge in [-0.25, -0.2) is 4.98 Å². The van der Waals surface area contributed by atoms with Crippen molar-refractivity contribution in [2.24, 2.45) is 0 Å². The first-order chi connectivity index (χ1) is 11.1. The number of benzene rings is 2. The number of aromatic nitrogens is 2. The van der Waals surface area contributed by atoms with Crippen LogP contribution in [-0.2, 0) is 4.79 Å². The van der Waals surface area contributed by atoms with Crippen molar-refractivity contribution >= 4 is 23.0 Å². The second-order valence-corrected chi connectivity index (χ2v) is 5.56. The van der Waals surface area contributed by atoms with Crippen molar-refractivity contribution in [3.63, 3.8) is 0 Å². The van der Waals surface area contributed by atoms with Crippen molar-refractivity contribution in [1.82, 2.24) is 15.3 Å². The maximum atomic E-state index is 12.1. The zero-order valence-corrected chi connectivity index (χ0v) is 13.2. The number of imidazole rings is 1. The molecule has 0 saturated carbocycles. The number of amides is 1. The second-order valence-electron chi connectivity index (χ2n) is 5.56. The lowest BCUT2D eigenvalue weighted by atomic mass is 10.1. The predicted octanol–water partition coefficient (Wildman–Crippen LogP) is 3.76. The number of aryl methyl sites for hydroxylation is 1. The molecule has 0 fully saturated rings. The van der Waals surface area contributed by atoms with Crippen molar-refractivity contribution in [1.29, 1.82) is 0 Å². The van der Waals surface area contributed by atoms with Crippen LogP contribution in [0.25, 0.3) is 17.1 Å². The minimum Gasteiger partial charge on any atom is -0.343 e. The molecule has 0 bridgehead atoms. The zero-order valence-electron chi connectivity index (χ0n) is 13.2. The molecule has 0 saturated heterocycles. The molecule has 0 radical (unpaired) electrons. The Kier molecular flexibility index (Phi) is 4.24. The van der Waals surface area contributed by atoms with Crippen LogP contribution in [0.4, 0.5) is 0 Å². The SMILES string of the molecule is Cc1ccccc1/C=C/C(=O)NC(C)c1nc2ccccc2[nH]1. The lowest BCUT2D eigenvalue weighted by Crippen LogP contribution is -2.25. The molecule has 1 heterocycles. The van der Waals surface area contributed by atoms with E-state index in [2.05, 4.69) is 15.3 Å². The Morgan fingerprint density at radius 1 is 1.17 bits per heavy atom. The van der Waals surface area contributed by atoms with Crippen LogP contribution in [0.1, 0.15) is 29.9 Å². The topological polar surface area (TPSA) is 57.8 Å². The van der Waals surface area contributed by atoms with E-state index in [4.69, 9.17) is 0 Å². The quantitative estimate of drug-likeness (QED) is 0.721. The molecule has 0 aliphatic rings. The molecule has 0 spiro atoms. The molecule has 4 heteroatoms. The van der Waals surface area contributed by atoms with Gasteiger partial charge in [0.05, 0.1) is 17.1 Å². The molecular formula is C19H19N3O. The van der Waals surface area contributed by atoms with Gasteiger partial charge in [0, 0.05) is 6.08 Å². The average molecular weight is 305 g/mol. The van der Waals surface area contributed by atoms with Gasteiger partial charge in [-0.2, -0.15) is 0 Å². The summed E-state index contributed by atoms with van der Waals surface area (Å²) in [7, 11) is 0. The Balaban J connectivity index is 1.68. The normalized spacial score (nSPS) is 12.6. The molecule has 2 N–H and O–H groups in total. The van der Waals surface area contributed by atoms with Crippen LogP contribution in [0.2, 0.25) is 0 Å². The number of nitrogens with zero attached hydrogens (tertiary/aromatic N) is 1. The van der Waals surface area contributed by atoms with Gasteiger partial charge in [-0.15, -0.1) is 0 Å². The summed E-state index contributed by atoms with van der Waals surface area (Å²) < 4.78 is 0. The Morgan fingerprint density at radius 3 is 2.70 bits per heavy atom. The average Bonchev–Trinajstić information content (AvgIpc) is 2.98. The standard InChI is InChI=1S/C19H19N3O/c1-13-7-3-4-8-15(13)11-12-18(23)20-14(2)19-21-16-9-5-6-10-17(16)22-19/h3-12,14H,1-2H3,(H,20,23)(H,21,22)/b12-11+. The number of hydrogen-bond acceptors (Lipinski definition) is 2. The zero-order chi connectivity index (χ0) is 16.2. The molecule has 1 aromatic heterocycles. The molecule has 0 aliphatic carbocycles. The Morgan fingerprint density at radius 2 is 1.91 bits per heavy atom. The Labute approximate surface area is 135 Å². The Bertz CT molecular complexity index is 831. The second kappa shape index (κ2) is 6.48. The largest absolute Gasteiger partial charge is 0.343 e.